The van der Waals surface area contributed by atoms with Crippen LogP contribution in [-0.2, 0) is 4.79 Å². The maximum atomic E-state index is 12.5. The van der Waals surface area contributed by atoms with Gasteiger partial charge in [0.1, 0.15) is 5.76 Å². The van der Waals surface area contributed by atoms with Gasteiger partial charge in [-0.25, -0.2) is 0 Å². The lowest BCUT2D eigenvalue weighted by Gasteiger charge is -2.31. The first-order valence-corrected chi connectivity index (χ1v) is 8.38. The second-order valence-electron chi connectivity index (χ2n) is 7.18. The van der Waals surface area contributed by atoms with Crippen molar-refractivity contribution >= 4 is 23.0 Å². The number of carbonyl (C=O) groups excluding carboxylic acids is 2. The molecule has 1 aromatic carbocycles. The molecule has 0 amide bonds. The van der Waals surface area contributed by atoms with Gasteiger partial charge < -0.3 is 5.11 Å². The summed E-state index contributed by atoms with van der Waals surface area (Å²) in [5, 5.41) is 10.3. The first-order chi connectivity index (χ1) is 11.2. The van der Waals surface area contributed by atoms with Crippen LogP contribution in [0.25, 0.3) is 0 Å². The minimum absolute atomic E-state index is 0.0262. The highest BCUT2D eigenvalue weighted by Gasteiger charge is 2.36. The van der Waals surface area contributed by atoms with E-state index >= 15 is 0 Å². The molecular weight excluding hydrogens is 302 g/mol. The van der Waals surface area contributed by atoms with Crippen LogP contribution in [0.15, 0.2) is 40.6 Å². The summed E-state index contributed by atoms with van der Waals surface area (Å²) in [4.78, 5) is 28.7. The number of allylic oxidation sites excluding steroid dienone is 2. The van der Waals surface area contributed by atoms with Crippen LogP contribution in [0.2, 0.25) is 0 Å². The predicted octanol–water partition coefficient (Wildman–Crippen LogP) is 4.96. The van der Waals surface area contributed by atoms with Crippen molar-refractivity contribution in [2.45, 2.75) is 53.4 Å². The van der Waals surface area contributed by atoms with Gasteiger partial charge in [-0.1, -0.05) is 32.9 Å². The minimum Gasteiger partial charge on any atom is -0.511 e. The van der Waals surface area contributed by atoms with Crippen LogP contribution in [0.3, 0.4) is 0 Å². The Morgan fingerprint density at radius 2 is 2.00 bits per heavy atom. The van der Waals surface area contributed by atoms with Crippen molar-refractivity contribution in [3.63, 3.8) is 0 Å². The third kappa shape index (κ3) is 4.19. The molecule has 0 bridgehead atoms. The molecule has 128 valence electrons. The number of aliphatic hydroxyl groups excluding tert-OH is 1. The maximum absolute atomic E-state index is 12.5. The van der Waals surface area contributed by atoms with Gasteiger partial charge in [0.2, 0.25) is 0 Å². The molecule has 2 rings (SSSR count). The van der Waals surface area contributed by atoms with E-state index in [2.05, 4.69) is 4.99 Å². The van der Waals surface area contributed by atoms with Crippen molar-refractivity contribution in [1.29, 1.82) is 0 Å². The van der Waals surface area contributed by atoms with Crippen molar-refractivity contribution in [3.05, 3.63) is 41.2 Å². The molecule has 0 saturated heterocycles. The lowest BCUT2D eigenvalue weighted by atomic mass is 9.73. The van der Waals surface area contributed by atoms with Gasteiger partial charge in [0.05, 0.1) is 17.0 Å². The Kier molecular flexibility index (Phi) is 5.37. The summed E-state index contributed by atoms with van der Waals surface area (Å²) in [6.07, 6.45) is 2.25. The summed E-state index contributed by atoms with van der Waals surface area (Å²) < 4.78 is 0. The summed E-state index contributed by atoms with van der Waals surface area (Å²) in [6.45, 7) is 7.53. The SMILES string of the molecule is CCCC(O)=C1C(=O)CC(C)(C)CC1=Nc1cccc(C(C)=O)c1. The maximum Gasteiger partial charge on any atom is 0.168 e. The smallest absolute Gasteiger partial charge is 0.168 e. The third-order valence-electron chi connectivity index (χ3n) is 4.14. The van der Waals surface area contributed by atoms with E-state index in [9.17, 15) is 14.7 Å². The fourth-order valence-electron chi connectivity index (χ4n) is 3.02. The number of nitrogens with zero attached hydrogens (tertiary/aromatic N) is 1. The van der Waals surface area contributed by atoms with Crippen LogP contribution in [-0.4, -0.2) is 22.4 Å². The molecular formula is C20H25NO3. The number of hydrogen-bond acceptors (Lipinski definition) is 4. The molecule has 1 aromatic rings. The van der Waals surface area contributed by atoms with Gasteiger partial charge in [-0.05, 0) is 37.3 Å². The van der Waals surface area contributed by atoms with Crippen molar-refractivity contribution in [1.82, 2.24) is 0 Å². The molecule has 1 aliphatic carbocycles. The summed E-state index contributed by atoms with van der Waals surface area (Å²) in [6, 6.07) is 7.05. The second-order valence-corrected chi connectivity index (χ2v) is 7.18. The number of aliphatic imine (C=N–C) groups is 1. The zero-order chi connectivity index (χ0) is 17.9. The van der Waals surface area contributed by atoms with E-state index in [1.165, 1.54) is 6.92 Å². The molecule has 0 aromatic heterocycles. The zero-order valence-corrected chi connectivity index (χ0v) is 14.8. The second kappa shape index (κ2) is 7.12. The first kappa shape index (κ1) is 18.1. The molecule has 0 atom stereocenters. The number of carbonyl (C=O) groups is 2. The van der Waals surface area contributed by atoms with Gasteiger partial charge >= 0.3 is 0 Å². The Balaban J connectivity index is 2.52. The molecule has 4 heteroatoms. The normalized spacial score (nSPS) is 21.0. The monoisotopic (exact) mass is 327 g/mol. The Morgan fingerprint density at radius 1 is 1.29 bits per heavy atom. The highest BCUT2D eigenvalue weighted by molar-refractivity contribution is 6.25. The van der Waals surface area contributed by atoms with Gasteiger partial charge in [-0.2, -0.15) is 0 Å². The van der Waals surface area contributed by atoms with Gasteiger partial charge in [-0.15, -0.1) is 0 Å². The number of rotatable bonds is 4. The van der Waals surface area contributed by atoms with Crippen molar-refractivity contribution in [3.8, 4) is 0 Å². The predicted molar refractivity (Wildman–Crippen MR) is 96.1 cm³/mol. The van der Waals surface area contributed by atoms with E-state index in [1.807, 2.05) is 20.8 Å². The van der Waals surface area contributed by atoms with Gasteiger partial charge in [0.25, 0.3) is 0 Å². The number of hydrogen-bond donors (Lipinski definition) is 1. The number of ketones is 2. The van der Waals surface area contributed by atoms with Gasteiger partial charge in [0.15, 0.2) is 11.6 Å². The standard InChI is InChI=1S/C20H25NO3/c1-5-7-17(23)19-16(11-20(3,4)12-18(19)24)21-15-9-6-8-14(10-15)13(2)22/h6,8-10,23H,5,7,11-12H2,1-4H3. The summed E-state index contributed by atoms with van der Waals surface area (Å²) in [5.74, 6) is 0.0415. The molecule has 1 aliphatic rings. The molecule has 1 N–H and O–H groups in total. The molecule has 1 saturated carbocycles. The Morgan fingerprint density at radius 3 is 2.62 bits per heavy atom. The molecule has 0 unspecified atom stereocenters. The molecule has 4 nitrogen and oxygen atoms in total. The Bertz CT molecular complexity index is 726. The van der Waals surface area contributed by atoms with Crippen LogP contribution in [0.5, 0.6) is 0 Å². The minimum atomic E-state index is -0.190. The van der Waals surface area contributed by atoms with Crippen molar-refractivity contribution < 1.29 is 14.7 Å². The fraction of sp³-hybridized carbons (Fsp3) is 0.450. The topological polar surface area (TPSA) is 66.7 Å². The largest absolute Gasteiger partial charge is 0.511 e. The quantitative estimate of drug-likeness (QED) is 0.482. The number of Topliss-reactive ketones (excluding diaryl/α,β-unsaturated/α-hetero) is 2. The summed E-state index contributed by atoms with van der Waals surface area (Å²) in [7, 11) is 0. The van der Waals surface area contributed by atoms with Crippen LogP contribution >= 0.6 is 0 Å². The number of benzene rings is 1. The fourth-order valence-corrected chi connectivity index (χ4v) is 3.02. The molecule has 0 aliphatic heterocycles. The Hall–Kier alpha value is -2.23. The Labute approximate surface area is 143 Å². The number of aliphatic hydroxyl groups is 1. The van der Waals surface area contributed by atoms with E-state index in [-0.39, 0.29) is 22.7 Å². The molecule has 1 fully saturated rings. The highest BCUT2D eigenvalue weighted by Crippen LogP contribution is 2.36. The zero-order valence-electron chi connectivity index (χ0n) is 14.8. The van der Waals surface area contributed by atoms with Crippen LogP contribution in [0.1, 0.15) is 63.7 Å². The lowest BCUT2D eigenvalue weighted by molar-refractivity contribution is -0.117. The van der Waals surface area contributed by atoms with E-state index in [0.29, 0.717) is 41.8 Å². The molecule has 0 heterocycles. The molecule has 24 heavy (non-hydrogen) atoms. The van der Waals surface area contributed by atoms with E-state index in [4.69, 9.17) is 0 Å². The summed E-state index contributed by atoms with van der Waals surface area (Å²) in [5.41, 5.74) is 2.00. The highest BCUT2D eigenvalue weighted by atomic mass is 16.3. The lowest BCUT2D eigenvalue weighted by Crippen LogP contribution is -2.32. The first-order valence-electron chi connectivity index (χ1n) is 8.38. The van der Waals surface area contributed by atoms with Crippen LogP contribution in [0, 0.1) is 5.41 Å². The van der Waals surface area contributed by atoms with Crippen LogP contribution in [0.4, 0.5) is 5.69 Å². The van der Waals surface area contributed by atoms with E-state index < -0.39 is 0 Å². The van der Waals surface area contributed by atoms with Crippen molar-refractivity contribution in [2.75, 3.05) is 0 Å². The third-order valence-corrected chi connectivity index (χ3v) is 4.14. The van der Waals surface area contributed by atoms with E-state index in [0.717, 1.165) is 6.42 Å². The average Bonchev–Trinajstić information content (AvgIpc) is 2.45. The van der Waals surface area contributed by atoms with Gasteiger partial charge in [-0.3, -0.25) is 14.6 Å². The average molecular weight is 327 g/mol. The van der Waals surface area contributed by atoms with Gasteiger partial charge in [0, 0.05) is 18.4 Å². The molecule has 0 spiro atoms. The summed E-state index contributed by atoms with van der Waals surface area (Å²) >= 11 is 0. The van der Waals surface area contributed by atoms with Crippen molar-refractivity contribution in [2.24, 2.45) is 10.4 Å². The molecule has 0 radical (unpaired) electrons. The van der Waals surface area contributed by atoms with Crippen LogP contribution < -0.4 is 0 Å². The van der Waals surface area contributed by atoms with E-state index in [1.54, 1.807) is 24.3 Å².